The second-order valence-electron chi connectivity index (χ2n) is 9.24. The fourth-order valence-corrected chi connectivity index (χ4v) is 5.66. The standard InChI is InChI=1S/C29H30N4S/c1-18-10-8-13-23(16-18)33-28(26(31-29(33)34)25-14-6-7-15-30-25)24-17-21(4)32(22(24)5)27-19(2)11-9-12-20(27)3/h6-17,26,28H,1-5H3,(H,31,34)/t26-,28+/m0/s1. The first-order valence-corrected chi connectivity index (χ1v) is 12.1. The summed E-state index contributed by atoms with van der Waals surface area (Å²) < 4.78 is 2.39. The Labute approximate surface area is 207 Å². The number of aryl methyl sites for hydroxylation is 4. The fourth-order valence-electron chi connectivity index (χ4n) is 5.32. The normalized spacial score (nSPS) is 17.8. The van der Waals surface area contributed by atoms with E-state index >= 15 is 0 Å². The van der Waals surface area contributed by atoms with E-state index in [1.807, 2.05) is 18.3 Å². The minimum Gasteiger partial charge on any atom is -0.351 e. The Balaban J connectivity index is 1.72. The van der Waals surface area contributed by atoms with Crippen LogP contribution in [0.3, 0.4) is 0 Å². The average Bonchev–Trinajstić information content (AvgIpc) is 3.30. The molecule has 2 atom stereocenters. The van der Waals surface area contributed by atoms with Gasteiger partial charge in [0.25, 0.3) is 0 Å². The van der Waals surface area contributed by atoms with Crippen LogP contribution in [0.25, 0.3) is 5.69 Å². The molecule has 0 saturated carbocycles. The van der Waals surface area contributed by atoms with E-state index in [0.717, 1.165) is 16.5 Å². The lowest BCUT2D eigenvalue weighted by Gasteiger charge is -2.28. The molecule has 5 heteroatoms. The third kappa shape index (κ3) is 3.70. The maximum absolute atomic E-state index is 5.92. The number of anilines is 1. The van der Waals surface area contributed by atoms with Crippen molar-refractivity contribution >= 4 is 23.0 Å². The predicted molar refractivity (Wildman–Crippen MR) is 144 cm³/mol. The molecule has 0 unspecified atom stereocenters. The van der Waals surface area contributed by atoms with Gasteiger partial charge in [-0.25, -0.2) is 0 Å². The zero-order valence-electron chi connectivity index (χ0n) is 20.3. The summed E-state index contributed by atoms with van der Waals surface area (Å²) in [6.07, 6.45) is 1.85. The van der Waals surface area contributed by atoms with Gasteiger partial charge < -0.3 is 14.8 Å². The zero-order chi connectivity index (χ0) is 24.0. The molecule has 0 spiro atoms. The molecule has 2 aromatic carbocycles. The molecule has 172 valence electrons. The van der Waals surface area contributed by atoms with Crippen LogP contribution in [0.4, 0.5) is 5.69 Å². The Kier molecular flexibility index (Phi) is 5.74. The van der Waals surface area contributed by atoms with Gasteiger partial charge in [-0.05, 0) is 99.4 Å². The third-order valence-electron chi connectivity index (χ3n) is 6.83. The number of rotatable bonds is 4. The molecule has 3 heterocycles. The van der Waals surface area contributed by atoms with Gasteiger partial charge in [0, 0.05) is 23.3 Å². The number of hydrogen-bond donors (Lipinski definition) is 1. The van der Waals surface area contributed by atoms with Crippen LogP contribution in [0.15, 0.2) is 72.9 Å². The van der Waals surface area contributed by atoms with E-state index in [0.29, 0.717) is 0 Å². The van der Waals surface area contributed by atoms with E-state index in [1.54, 1.807) is 0 Å². The van der Waals surface area contributed by atoms with E-state index in [9.17, 15) is 0 Å². The fraction of sp³-hybridized carbons (Fsp3) is 0.241. The van der Waals surface area contributed by atoms with Gasteiger partial charge in [-0.15, -0.1) is 0 Å². The van der Waals surface area contributed by atoms with Crippen LogP contribution in [0.2, 0.25) is 0 Å². The van der Waals surface area contributed by atoms with Crippen LogP contribution in [-0.2, 0) is 0 Å². The van der Waals surface area contributed by atoms with Crippen LogP contribution in [0.5, 0.6) is 0 Å². The number of nitrogens with zero attached hydrogens (tertiary/aromatic N) is 3. The number of benzene rings is 2. The summed E-state index contributed by atoms with van der Waals surface area (Å²) in [5, 5.41) is 4.32. The quantitative estimate of drug-likeness (QED) is 0.344. The molecule has 0 radical (unpaired) electrons. The van der Waals surface area contributed by atoms with Gasteiger partial charge >= 0.3 is 0 Å². The van der Waals surface area contributed by atoms with E-state index in [4.69, 9.17) is 17.2 Å². The molecule has 5 rings (SSSR count). The Morgan fingerprint density at radius 3 is 2.26 bits per heavy atom. The Hall–Kier alpha value is -3.44. The second-order valence-corrected chi connectivity index (χ2v) is 9.62. The molecule has 4 aromatic rings. The maximum Gasteiger partial charge on any atom is 0.174 e. The number of para-hydroxylation sites is 1. The smallest absolute Gasteiger partial charge is 0.174 e. The molecule has 1 N–H and O–H groups in total. The van der Waals surface area contributed by atoms with E-state index in [-0.39, 0.29) is 12.1 Å². The molecule has 0 amide bonds. The molecule has 1 fully saturated rings. The van der Waals surface area contributed by atoms with Gasteiger partial charge in [-0.2, -0.15) is 0 Å². The molecule has 1 aliphatic heterocycles. The van der Waals surface area contributed by atoms with Gasteiger partial charge in [0.1, 0.15) is 0 Å². The highest BCUT2D eigenvalue weighted by molar-refractivity contribution is 7.80. The summed E-state index contributed by atoms with van der Waals surface area (Å²) in [7, 11) is 0. The minimum absolute atomic E-state index is 0.0199. The third-order valence-corrected chi connectivity index (χ3v) is 7.14. The van der Waals surface area contributed by atoms with Crippen LogP contribution in [0.1, 0.15) is 51.4 Å². The van der Waals surface area contributed by atoms with Crippen molar-refractivity contribution in [1.82, 2.24) is 14.9 Å². The average molecular weight is 467 g/mol. The Morgan fingerprint density at radius 1 is 0.853 bits per heavy atom. The van der Waals surface area contributed by atoms with E-state index in [2.05, 4.69) is 104 Å². The number of aromatic nitrogens is 2. The molecular weight excluding hydrogens is 436 g/mol. The first kappa shape index (κ1) is 22.4. The zero-order valence-corrected chi connectivity index (χ0v) is 21.1. The van der Waals surface area contributed by atoms with Crippen molar-refractivity contribution in [3.63, 3.8) is 0 Å². The first-order valence-electron chi connectivity index (χ1n) is 11.7. The van der Waals surface area contributed by atoms with E-state index in [1.165, 1.54) is 39.3 Å². The summed E-state index contributed by atoms with van der Waals surface area (Å²) in [5.41, 5.74) is 10.8. The van der Waals surface area contributed by atoms with E-state index < -0.39 is 0 Å². The van der Waals surface area contributed by atoms with Crippen molar-refractivity contribution in [3.8, 4) is 5.69 Å². The van der Waals surface area contributed by atoms with Crippen molar-refractivity contribution in [1.29, 1.82) is 0 Å². The van der Waals surface area contributed by atoms with Crippen molar-refractivity contribution in [2.75, 3.05) is 4.90 Å². The number of hydrogen-bond acceptors (Lipinski definition) is 2. The van der Waals surface area contributed by atoms with Crippen LogP contribution >= 0.6 is 12.2 Å². The van der Waals surface area contributed by atoms with Crippen molar-refractivity contribution in [3.05, 3.63) is 112 Å². The molecule has 2 aromatic heterocycles. The summed E-state index contributed by atoms with van der Waals surface area (Å²) in [5.74, 6) is 0. The lowest BCUT2D eigenvalue weighted by Crippen LogP contribution is -2.29. The summed E-state index contributed by atoms with van der Waals surface area (Å²) in [4.78, 5) is 6.97. The van der Waals surface area contributed by atoms with Gasteiger partial charge in [0.05, 0.1) is 23.5 Å². The SMILES string of the molecule is Cc1cccc(N2C(=S)N[C@@H](c3ccccn3)[C@H]2c2cc(C)n(-c3c(C)cccc3C)c2C)c1. The van der Waals surface area contributed by atoms with Crippen LogP contribution in [0, 0.1) is 34.6 Å². The van der Waals surface area contributed by atoms with Crippen LogP contribution in [-0.4, -0.2) is 14.7 Å². The highest BCUT2D eigenvalue weighted by Gasteiger charge is 2.42. The lowest BCUT2D eigenvalue weighted by molar-refractivity contribution is 0.565. The molecular formula is C29H30N4S. The highest BCUT2D eigenvalue weighted by Crippen LogP contribution is 2.44. The van der Waals surface area contributed by atoms with Gasteiger partial charge in [0.2, 0.25) is 0 Å². The van der Waals surface area contributed by atoms with Crippen molar-refractivity contribution in [2.24, 2.45) is 0 Å². The molecule has 4 nitrogen and oxygen atoms in total. The topological polar surface area (TPSA) is 33.1 Å². The monoisotopic (exact) mass is 466 g/mol. The van der Waals surface area contributed by atoms with Gasteiger partial charge in [0.15, 0.2) is 5.11 Å². The molecule has 0 aliphatic carbocycles. The van der Waals surface area contributed by atoms with Gasteiger partial charge in [-0.1, -0.05) is 36.4 Å². The molecule has 1 aliphatic rings. The molecule has 34 heavy (non-hydrogen) atoms. The number of pyridine rings is 1. The minimum atomic E-state index is -0.0545. The van der Waals surface area contributed by atoms with Crippen molar-refractivity contribution in [2.45, 2.75) is 46.7 Å². The first-order chi connectivity index (χ1) is 16.4. The Morgan fingerprint density at radius 2 is 1.59 bits per heavy atom. The van der Waals surface area contributed by atoms with Crippen molar-refractivity contribution < 1.29 is 0 Å². The van der Waals surface area contributed by atoms with Crippen LogP contribution < -0.4 is 10.2 Å². The highest BCUT2D eigenvalue weighted by atomic mass is 32.1. The summed E-state index contributed by atoms with van der Waals surface area (Å²) in [6.45, 7) is 10.9. The number of thiocarbonyl (C=S) groups is 1. The summed E-state index contributed by atoms with van der Waals surface area (Å²) in [6, 6.07) is 23.4. The van der Waals surface area contributed by atoms with Gasteiger partial charge in [-0.3, -0.25) is 4.98 Å². The summed E-state index contributed by atoms with van der Waals surface area (Å²) >= 11 is 5.92. The number of nitrogens with one attached hydrogen (secondary N) is 1. The largest absolute Gasteiger partial charge is 0.351 e. The second kappa shape index (κ2) is 8.73. The Bertz CT molecular complexity index is 1350. The molecule has 1 saturated heterocycles. The predicted octanol–water partition coefficient (Wildman–Crippen LogP) is 6.59. The maximum atomic E-state index is 5.92. The lowest BCUT2D eigenvalue weighted by atomic mass is 9.96. The molecule has 0 bridgehead atoms.